The number of nitrogens with one attached hydrogen (secondary N) is 1. The maximum atomic E-state index is 12.0. The molecule has 0 bridgehead atoms. The molecule has 1 atom stereocenters. The number of carbonyl (C=O) groups is 1. The first kappa shape index (κ1) is 14.1. The summed E-state index contributed by atoms with van der Waals surface area (Å²) in [6, 6.07) is 5.67. The summed E-state index contributed by atoms with van der Waals surface area (Å²) in [7, 11) is 1.68. The van der Waals surface area contributed by atoms with Gasteiger partial charge in [-0.3, -0.25) is 9.78 Å². The summed E-state index contributed by atoms with van der Waals surface area (Å²) in [5.74, 6) is 0.0505. The molecule has 1 amide bonds. The lowest BCUT2D eigenvalue weighted by Gasteiger charge is -2.26. The van der Waals surface area contributed by atoms with Crippen LogP contribution in [0.2, 0.25) is 0 Å². The maximum Gasteiger partial charge on any atom is 0.242 e. The number of halogens is 1. The third-order valence-corrected chi connectivity index (χ3v) is 4.37. The van der Waals surface area contributed by atoms with E-state index in [1.165, 1.54) is 0 Å². The second-order valence-electron chi connectivity index (χ2n) is 5.19. The molecule has 2 aromatic rings. The minimum absolute atomic E-state index is 0.0505. The number of likely N-dealkylation sites (N-methyl/N-ethyl adjacent to an activating group) is 1. The van der Waals surface area contributed by atoms with Gasteiger partial charge in [0.25, 0.3) is 0 Å². The number of nitrogen functional groups attached to an aromatic ring is 1. The van der Waals surface area contributed by atoms with Gasteiger partial charge in [-0.25, -0.2) is 0 Å². The molecule has 0 saturated carbocycles. The quantitative estimate of drug-likeness (QED) is 0.817. The van der Waals surface area contributed by atoms with Gasteiger partial charge in [0.1, 0.15) is 6.04 Å². The highest BCUT2D eigenvalue weighted by Crippen LogP contribution is 2.34. The van der Waals surface area contributed by atoms with Crippen LogP contribution in [0.5, 0.6) is 0 Å². The molecule has 3 rings (SSSR count). The lowest BCUT2D eigenvalue weighted by atomic mass is 10.1. The fourth-order valence-corrected chi connectivity index (χ4v) is 3.26. The average Bonchev–Trinajstić information content (AvgIpc) is 2.96. The molecule has 1 aromatic carbocycles. The van der Waals surface area contributed by atoms with Gasteiger partial charge >= 0.3 is 0 Å². The Labute approximate surface area is 131 Å². The van der Waals surface area contributed by atoms with Crippen molar-refractivity contribution >= 4 is 44.1 Å². The number of aromatic nitrogens is 1. The lowest BCUT2D eigenvalue weighted by Crippen LogP contribution is -2.42. The first-order chi connectivity index (χ1) is 10.1. The van der Waals surface area contributed by atoms with Crippen LogP contribution in [0.1, 0.15) is 12.8 Å². The topological polar surface area (TPSA) is 71.2 Å². The second kappa shape index (κ2) is 5.52. The smallest absolute Gasteiger partial charge is 0.242 e. The van der Waals surface area contributed by atoms with E-state index in [0.717, 1.165) is 40.4 Å². The Morgan fingerprint density at radius 1 is 1.52 bits per heavy atom. The Bertz CT molecular complexity index is 703. The van der Waals surface area contributed by atoms with E-state index in [4.69, 9.17) is 5.73 Å². The third kappa shape index (κ3) is 2.44. The Kier molecular flexibility index (Phi) is 3.71. The number of amides is 1. The highest BCUT2D eigenvalue weighted by molar-refractivity contribution is 9.10. The van der Waals surface area contributed by atoms with Crippen molar-refractivity contribution in [2.75, 3.05) is 24.2 Å². The van der Waals surface area contributed by atoms with Crippen LogP contribution in [0.4, 0.5) is 11.4 Å². The van der Waals surface area contributed by atoms with Crippen LogP contribution in [0.25, 0.3) is 10.9 Å². The highest BCUT2D eigenvalue weighted by atomic mass is 79.9. The van der Waals surface area contributed by atoms with Crippen LogP contribution >= 0.6 is 15.9 Å². The van der Waals surface area contributed by atoms with Crippen LogP contribution in [-0.2, 0) is 4.79 Å². The van der Waals surface area contributed by atoms with E-state index in [9.17, 15) is 4.79 Å². The van der Waals surface area contributed by atoms with E-state index in [1.807, 2.05) is 18.2 Å². The zero-order valence-electron chi connectivity index (χ0n) is 11.8. The van der Waals surface area contributed by atoms with Crippen molar-refractivity contribution in [3.8, 4) is 0 Å². The highest BCUT2D eigenvalue weighted by Gasteiger charge is 2.31. The summed E-state index contributed by atoms with van der Waals surface area (Å²) in [4.78, 5) is 18.7. The fourth-order valence-electron chi connectivity index (χ4n) is 2.93. The van der Waals surface area contributed by atoms with Crippen LogP contribution in [0.3, 0.4) is 0 Å². The average molecular weight is 349 g/mol. The molecular weight excluding hydrogens is 332 g/mol. The summed E-state index contributed by atoms with van der Waals surface area (Å²) < 4.78 is 0.892. The minimum Gasteiger partial charge on any atom is -0.398 e. The molecule has 0 spiro atoms. The van der Waals surface area contributed by atoms with Gasteiger partial charge in [0.15, 0.2) is 0 Å². The molecule has 1 unspecified atom stereocenters. The van der Waals surface area contributed by atoms with Gasteiger partial charge in [0.2, 0.25) is 5.91 Å². The Morgan fingerprint density at radius 2 is 2.33 bits per heavy atom. The molecule has 2 heterocycles. The van der Waals surface area contributed by atoms with E-state index in [-0.39, 0.29) is 11.9 Å². The summed E-state index contributed by atoms with van der Waals surface area (Å²) in [6.45, 7) is 0.856. The molecular formula is C15H17BrN4O. The van der Waals surface area contributed by atoms with Crippen molar-refractivity contribution in [2.24, 2.45) is 0 Å². The number of fused-ring (bicyclic) bond motifs is 1. The monoisotopic (exact) mass is 348 g/mol. The second-order valence-corrected chi connectivity index (χ2v) is 6.10. The molecule has 5 nitrogen and oxygen atoms in total. The summed E-state index contributed by atoms with van der Waals surface area (Å²) in [5.41, 5.74) is 8.56. The Morgan fingerprint density at radius 3 is 3.10 bits per heavy atom. The SMILES string of the molecule is CNC(=O)C1CCCN1c1ccc(N)c2cc(Br)cnc12. The summed E-state index contributed by atoms with van der Waals surface area (Å²) >= 11 is 3.43. The van der Waals surface area contributed by atoms with Gasteiger partial charge < -0.3 is 16.0 Å². The van der Waals surface area contributed by atoms with E-state index >= 15 is 0 Å². The molecule has 21 heavy (non-hydrogen) atoms. The normalized spacial score (nSPS) is 18.2. The van der Waals surface area contributed by atoms with Crippen molar-refractivity contribution in [1.82, 2.24) is 10.3 Å². The van der Waals surface area contributed by atoms with Crippen molar-refractivity contribution in [1.29, 1.82) is 0 Å². The molecule has 6 heteroatoms. The standard InChI is InChI=1S/C15H17BrN4O/c1-18-15(21)13-3-2-6-20(13)12-5-4-11(17)10-7-9(16)8-19-14(10)12/h4-5,7-8,13H,2-3,6,17H2,1H3,(H,18,21). The number of anilines is 2. The lowest BCUT2D eigenvalue weighted by molar-refractivity contribution is -0.121. The number of nitrogens with two attached hydrogens (primary N) is 1. The molecule has 0 radical (unpaired) electrons. The molecule has 1 aliphatic heterocycles. The van der Waals surface area contributed by atoms with E-state index < -0.39 is 0 Å². The molecule has 0 aliphatic carbocycles. The molecule has 3 N–H and O–H groups in total. The fraction of sp³-hybridized carbons (Fsp3) is 0.333. The number of pyridine rings is 1. The van der Waals surface area contributed by atoms with Crippen LogP contribution < -0.4 is 16.0 Å². The minimum atomic E-state index is -0.132. The molecule has 1 aromatic heterocycles. The third-order valence-electron chi connectivity index (χ3n) is 3.94. The van der Waals surface area contributed by atoms with Gasteiger partial charge in [-0.05, 0) is 47.0 Å². The predicted molar refractivity (Wildman–Crippen MR) is 88.3 cm³/mol. The molecule has 1 saturated heterocycles. The van der Waals surface area contributed by atoms with Crippen LogP contribution in [0.15, 0.2) is 28.9 Å². The van der Waals surface area contributed by atoms with Crippen molar-refractivity contribution in [3.05, 3.63) is 28.9 Å². The van der Waals surface area contributed by atoms with E-state index in [2.05, 4.69) is 31.1 Å². The molecule has 1 aliphatic rings. The first-order valence-corrected chi connectivity index (χ1v) is 7.73. The number of rotatable bonds is 2. The summed E-state index contributed by atoms with van der Waals surface area (Å²) in [6.07, 6.45) is 3.62. The first-order valence-electron chi connectivity index (χ1n) is 6.94. The zero-order valence-corrected chi connectivity index (χ0v) is 13.4. The largest absolute Gasteiger partial charge is 0.398 e. The van der Waals surface area contributed by atoms with Crippen molar-refractivity contribution in [3.63, 3.8) is 0 Å². The van der Waals surface area contributed by atoms with Gasteiger partial charge in [0.05, 0.1) is 11.2 Å². The summed E-state index contributed by atoms with van der Waals surface area (Å²) in [5, 5.41) is 3.65. The molecule has 110 valence electrons. The zero-order chi connectivity index (χ0) is 15.0. The number of carbonyl (C=O) groups excluding carboxylic acids is 1. The van der Waals surface area contributed by atoms with Gasteiger partial charge in [0, 0.05) is 35.3 Å². The number of benzene rings is 1. The van der Waals surface area contributed by atoms with E-state index in [1.54, 1.807) is 13.2 Å². The van der Waals surface area contributed by atoms with E-state index in [0.29, 0.717) is 5.69 Å². The van der Waals surface area contributed by atoms with Crippen LogP contribution in [-0.4, -0.2) is 30.5 Å². The Hall–Kier alpha value is -1.82. The molecule has 1 fully saturated rings. The van der Waals surface area contributed by atoms with Gasteiger partial charge in [-0.15, -0.1) is 0 Å². The van der Waals surface area contributed by atoms with Crippen molar-refractivity contribution < 1.29 is 4.79 Å². The van der Waals surface area contributed by atoms with Crippen molar-refractivity contribution in [2.45, 2.75) is 18.9 Å². The van der Waals surface area contributed by atoms with Crippen LogP contribution in [0, 0.1) is 0 Å². The number of hydrogen-bond acceptors (Lipinski definition) is 4. The number of hydrogen-bond donors (Lipinski definition) is 2. The maximum absolute atomic E-state index is 12.0. The number of nitrogens with zero attached hydrogens (tertiary/aromatic N) is 2. The predicted octanol–water partition coefficient (Wildman–Crippen LogP) is 2.29. The Balaban J connectivity index is 2.12. The van der Waals surface area contributed by atoms with Gasteiger partial charge in [-0.1, -0.05) is 0 Å². The van der Waals surface area contributed by atoms with Gasteiger partial charge in [-0.2, -0.15) is 0 Å².